The molecule has 8 heteroatoms. The fourth-order valence-corrected chi connectivity index (χ4v) is 2.57. The molecule has 1 aliphatic heterocycles. The smallest absolute Gasteiger partial charge is 0.263 e. The largest absolute Gasteiger partial charge is 0.497 e. The minimum Gasteiger partial charge on any atom is -0.497 e. The molecule has 1 heterocycles. The summed E-state index contributed by atoms with van der Waals surface area (Å²) in [7, 11) is 3.11. The highest BCUT2D eigenvalue weighted by molar-refractivity contribution is 5.97. The molecule has 26 heavy (non-hydrogen) atoms. The van der Waals surface area contributed by atoms with Crippen molar-refractivity contribution in [1.29, 1.82) is 5.26 Å². The van der Waals surface area contributed by atoms with E-state index < -0.39 is 5.91 Å². The second-order valence-corrected chi connectivity index (χ2v) is 5.73. The van der Waals surface area contributed by atoms with Gasteiger partial charge in [0.25, 0.3) is 5.91 Å². The molecule has 0 aromatic heterocycles. The first-order chi connectivity index (χ1) is 12.7. The van der Waals surface area contributed by atoms with Gasteiger partial charge in [0.1, 0.15) is 23.1 Å². The van der Waals surface area contributed by atoms with Crippen molar-refractivity contribution in [3.05, 3.63) is 30.0 Å². The van der Waals surface area contributed by atoms with E-state index in [0.717, 1.165) is 32.7 Å². The van der Waals surface area contributed by atoms with E-state index >= 15 is 0 Å². The number of carbonyl (C=O) groups is 1. The molecule has 0 spiro atoms. The van der Waals surface area contributed by atoms with Crippen molar-refractivity contribution in [1.82, 2.24) is 15.5 Å². The van der Waals surface area contributed by atoms with Crippen LogP contribution in [0.1, 0.15) is 0 Å². The van der Waals surface area contributed by atoms with E-state index in [-0.39, 0.29) is 5.57 Å². The fraction of sp³-hybridized carbons (Fsp3) is 0.444. The molecule has 0 saturated carbocycles. The summed E-state index contributed by atoms with van der Waals surface area (Å²) in [6, 6.07) is 7.15. The Morgan fingerprint density at radius 1 is 1.35 bits per heavy atom. The van der Waals surface area contributed by atoms with Gasteiger partial charge in [0.05, 0.1) is 19.9 Å². The topological polar surface area (TPSA) is 98.6 Å². The van der Waals surface area contributed by atoms with Gasteiger partial charge < -0.3 is 25.4 Å². The number of methoxy groups -OCH3 is 2. The third-order valence-corrected chi connectivity index (χ3v) is 4.07. The standard InChI is InChI=1S/C18H25N5O3/c1-25-15-3-4-16(17(11-15)26-2)22-13-14(12-19)18(24)21-7-10-23-8-5-20-6-9-23/h3-4,11,13,20,22H,5-10H2,1-2H3,(H,21,24)/b14-13-. The summed E-state index contributed by atoms with van der Waals surface area (Å²) >= 11 is 0. The number of nitriles is 1. The highest BCUT2D eigenvalue weighted by atomic mass is 16.5. The van der Waals surface area contributed by atoms with Crippen molar-refractivity contribution in [2.75, 3.05) is 58.8 Å². The number of benzene rings is 1. The molecular formula is C18H25N5O3. The van der Waals surface area contributed by atoms with Gasteiger partial charge in [-0.15, -0.1) is 0 Å². The van der Waals surface area contributed by atoms with Crippen LogP contribution in [0.2, 0.25) is 0 Å². The molecule has 1 aromatic carbocycles. The minimum absolute atomic E-state index is 0.00295. The molecule has 0 atom stereocenters. The SMILES string of the molecule is COc1ccc(N/C=C(/C#N)C(=O)NCCN2CCNCC2)c(OC)c1. The molecule has 1 fully saturated rings. The molecule has 8 nitrogen and oxygen atoms in total. The van der Waals surface area contributed by atoms with Crippen molar-refractivity contribution in [3.8, 4) is 17.6 Å². The van der Waals surface area contributed by atoms with Crippen molar-refractivity contribution < 1.29 is 14.3 Å². The number of nitrogens with zero attached hydrogens (tertiary/aromatic N) is 2. The maximum Gasteiger partial charge on any atom is 0.263 e. The summed E-state index contributed by atoms with van der Waals surface area (Å²) in [6.45, 7) is 5.14. The van der Waals surface area contributed by atoms with Gasteiger partial charge in [0, 0.05) is 51.5 Å². The predicted octanol–water partition coefficient (Wildman–Crippen LogP) is 0.545. The van der Waals surface area contributed by atoms with E-state index in [0.29, 0.717) is 23.7 Å². The van der Waals surface area contributed by atoms with Gasteiger partial charge in [-0.05, 0) is 12.1 Å². The Kier molecular flexibility index (Phi) is 7.74. The summed E-state index contributed by atoms with van der Waals surface area (Å²) in [5, 5.41) is 18.2. The molecule has 1 amide bonds. The first kappa shape index (κ1) is 19.6. The van der Waals surface area contributed by atoms with Crippen LogP contribution < -0.4 is 25.4 Å². The van der Waals surface area contributed by atoms with Gasteiger partial charge >= 0.3 is 0 Å². The highest BCUT2D eigenvalue weighted by Crippen LogP contribution is 2.29. The first-order valence-electron chi connectivity index (χ1n) is 8.48. The first-order valence-corrected chi connectivity index (χ1v) is 8.48. The molecule has 2 rings (SSSR count). The Labute approximate surface area is 153 Å². The summed E-state index contributed by atoms with van der Waals surface area (Å²) in [6.07, 6.45) is 1.38. The van der Waals surface area contributed by atoms with Crippen LogP contribution in [0, 0.1) is 11.3 Å². The molecule has 0 radical (unpaired) electrons. The maximum absolute atomic E-state index is 12.2. The Hall–Kier alpha value is -2.76. The molecule has 0 aliphatic carbocycles. The van der Waals surface area contributed by atoms with Crippen LogP contribution in [0.5, 0.6) is 11.5 Å². The zero-order valence-electron chi connectivity index (χ0n) is 15.2. The molecule has 0 unspecified atom stereocenters. The summed E-state index contributed by atoms with van der Waals surface area (Å²) in [4.78, 5) is 14.4. The molecular weight excluding hydrogens is 334 g/mol. The van der Waals surface area contributed by atoms with Crippen LogP contribution >= 0.6 is 0 Å². The van der Waals surface area contributed by atoms with E-state index in [2.05, 4.69) is 20.9 Å². The lowest BCUT2D eigenvalue weighted by Crippen LogP contribution is -2.46. The van der Waals surface area contributed by atoms with E-state index in [1.54, 1.807) is 25.3 Å². The number of carbonyl (C=O) groups excluding carboxylic acids is 1. The Bertz CT molecular complexity index is 678. The fourth-order valence-electron chi connectivity index (χ4n) is 2.57. The number of hydrogen-bond acceptors (Lipinski definition) is 7. The van der Waals surface area contributed by atoms with Crippen LogP contribution in [-0.4, -0.2) is 64.3 Å². The number of nitrogens with one attached hydrogen (secondary N) is 3. The van der Waals surface area contributed by atoms with Crippen LogP contribution in [0.3, 0.4) is 0 Å². The number of anilines is 1. The van der Waals surface area contributed by atoms with Crippen LogP contribution in [0.25, 0.3) is 0 Å². The van der Waals surface area contributed by atoms with Gasteiger partial charge in [0.2, 0.25) is 0 Å². The van der Waals surface area contributed by atoms with E-state index in [1.807, 2.05) is 6.07 Å². The van der Waals surface area contributed by atoms with Crippen molar-refractivity contribution in [2.45, 2.75) is 0 Å². The van der Waals surface area contributed by atoms with E-state index in [4.69, 9.17) is 9.47 Å². The molecule has 140 valence electrons. The highest BCUT2D eigenvalue weighted by Gasteiger charge is 2.12. The van der Waals surface area contributed by atoms with Gasteiger partial charge in [0.15, 0.2) is 0 Å². The number of piperazine rings is 1. The normalized spacial score (nSPS) is 15.0. The number of hydrogen-bond donors (Lipinski definition) is 3. The summed E-state index contributed by atoms with van der Waals surface area (Å²) < 4.78 is 10.4. The molecule has 1 aromatic rings. The van der Waals surface area contributed by atoms with E-state index in [1.165, 1.54) is 13.3 Å². The summed E-state index contributed by atoms with van der Waals surface area (Å²) in [5.41, 5.74) is 0.637. The Balaban J connectivity index is 1.90. The lowest BCUT2D eigenvalue weighted by molar-refractivity contribution is -0.117. The number of ether oxygens (including phenoxy) is 2. The number of rotatable bonds is 8. The lowest BCUT2D eigenvalue weighted by Gasteiger charge is -2.27. The van der Waals surface area contributed by atoms with Crippen molar-refractivity contribution in [3.63, 3.8) is 0 Å². The predicted molar refractivity (Wildman–Crippen MR) is 99.2 cm³/mol. The van der Waals surface area contributed by atoms with Gasteiger partial charge in [-0.2, -0.15) is 5.26 Å². The second kappa shape index (κ2) is 10.3. The monoisotopic (exact) mass is 359 g/mol. The third-order valence-electron chi connectivity index (χ3n) is 4.07. The Morgan fingerprint density at radius 2 is 2.12 bits per heavy atom. The van der Waals surface area contributed by atoms with Crippen molar-refractivity contribution >= 4 is 11.6 Å². The quantitative estimate of drug-likeness (QED) is 0.460. The average Bonchev–Trinajstić information content (AvgIpc) is 2.69. The molecule has 3 N–H and O–H groups in total. The van der Waals surface area contributed by atoms with Gasteiger partial charge in [-0.3, -0.25) is 9.69 Å². The van der Waals surface area contributed by atoms with Crippen LogP contribution in [0.4, 0.5) is 5.69 Å². The zero-order valence-corrected chi connectivity index (χ0v) is 15.2. The van der Waals surface area contributed by atoms with E-state index in [9.17, 15) is 10.1 Å². The minimum atomic E-state index is -0.400. The maximum atomic E-state index is 12.2. The van der Waals surface area contributed by atoms with Crippen LogP contribution in [0.15, 0.2) is 30.0 Å². The second-order valence-electron chi connectivity index (χ2n) is 5.73. The summed E-state index contributed by atoms with van der Waals surface area (Å²) in [5.74, 6) is 0.808. The number of amides is 1. The van der Waals surface area contributed by atoms with Crippen molar-refractivity contribution in [2.24, 2.45) is 0 Å². The molecule has 1 saturated heterocycles. The third kappa shape index (κ3) is 5.65. The van der Waals surface area contributed by atoms with Gasteiger partial charge in [-0.1, -0.05) is 0 Å². The zero-order chi connectivity index (χ0) is 18.8. The average molecular weight is 359 g/mol. The molecule has 1 aliphatic rings. The van der Waals surface area contributed by atoms with Crippen LogP contribution in [-0.2, 0) is 4.79 Å². The Morgan fingerprint density at radius 3 is 2.77 bits per heavy atom. The lowest BCUT2D eigenvalue weighted by atomic mass is 10.2. The van der Waals surface area contributed by atoms with Gasteiger partial charge in [-0.25, -0.2) is 0 Å². The molecule has 0 bridgehead atoms.